The van der Waals surface area contributed by atoms with E-state index in [1.807, 2.05) is 0 Å². The molecule has 0 unspecified atom stereocenters. The summed E-state index contributed by atoms with van der Waals surface area (Å²) in [7, 11) is 0. The molecule has 6 rings (SSSR count). The minimum Gasteiger partial charge on any atom is -0.364 e. The van der Waals surface area contributed by atoms with E-state index < -0.39 is 36.8 Å². The molecule has 1 aliphatic carbocycles. The van der Waals surface area contributed by atoms with Gasteiger partial charge in [0.25, 0.3) is 17.7 Å². The summed E-state index contributed by atoms with van der Waals surface area (Å²) < 4.78 is 48.6. The van der Waals surface area contributed by atoms with Crippen LogP contribution >= 0.6 is 0 Å². The van der Waals surface area contributed by atoms with E-state index in [0.717, 1.165) is 36.8 Å². The number of rotatable bonds is 6. The summed E-state index contributed by atoms with van der Waals surface area (Å²) in [5.74, 6) is -3.81. The van der Waals surface area contributed by atoms with Gasteiger partial charge in [-0.05, 0) is 43.7 Å². The SMILES string of the molecule is Cc1nocc1C(=O)N[C@H](c1nc2c(F)c(-c3c[n+](O)ccc3C(=O)N3CC(F)(F)C3)ccc2[nH]1)C1CCC(C)CC1. The first-order valence-electron chi connectivity index (χ1n) is 13.8. The van der Waals surface area contributed by atoms with E-state index in [4.69, 9.17) is 4.52 Å². The summed E-state index contributed by atoms with van der Waals surface area (Å²) in [5, 5.41) is 16.9. The zero-order valence-electron chi connectivity index (χ0n) is 23.0. The Labute approximate surface area is 238 Å². The quantitative estimate of drug-likeness (QED) is 0.225. The molecule has 2 fully saturated rings. The molecule has 2 amide bonds. The molecular formula is C29H30F3N6O4+. The number of H-pyrrole nitrogens is 1. The van der Waals surface area contributed by atoms with Crippen molar-refractivity contribution in [1.82, 2.24) is 25.3 Å². The number of pyridine rings is 1. The summed E-state index contributed by atoms with van der Waals surface area (Å²) in [6.45, 7) is 2.39. The topological polar surface area (TPSA) is 128 Å². The fourth-order valence-corrected chi connectivity index (χ4v) is 5.89. The van der Waals surface area contributed by atoms with Crippen LogP contribution in [0.3, 0.4) is 0 Å². The second-order valence-corrected chi connectivity index (χ2v) is 11.4. The predicted octanol–water partition coefficient (Wildman–Crippen LogP) is 4.58. The molecule has 2 aliphatic rings. The maximum Gasteiger partial charge on any atom is 0.282 e. The molecule has 4 heterocycles. The molecule has 3 N–H and O–H groups in total. The van der Waals surface area contributed by atoms with Crippen LogP contribution < -0.4 is 10.0 Å². The van der Waals surface area contributed by atoms with E-state index in [-0.39, 0.29) is 34.0 Å². The fourth-order valence-electron chi connectivity index (χ4n) is 5.89. The van der Waals surface area contributed by atoms with Gasteiger partial charge in [-0.3, -0.25) is 14.8 Å². The Morgan fingerprint density at radius 2 is 1.90 bits per heavy atom. The molecule has 1 aliphatic heterocycles. The van der Waals surface area contributed by atoms with Crippen molar-refractivity contribution in [2.24, 2.45) is 11.8 Å². The minimum atomic E-state index is -2.97. The Kier molecular flexibility index (Phi) is 6.90. The zero-order chi connectivity index (χ0) is 29.8. The van der Waals surface area contributed by atoms with Gasteiger partial charge in [0.2, 0.25) is 12.4 Å². The highest BCUT2D eigenvalue weighted by atomic mass is 19.3. The smallest absolute Gasteiger partial charge is 0.282 e. The normalized spacial score (nSPS) is 20.7. The lowest BCUT2D eigenvalue weighted by Gasteiger charge is -2.38. The van der Waals surface area contributed by atoms with Gasteiger partial charge in [0, 0.05) is 16.4 Å². The van der Waals surface area contributed by atoms with Gasteiger partial charge in [-0.25, -0.2) is 18.2 Å². The van der Waals surface area contributed by atoms with Crippen molar-refractivity contribution in [2.75, 3.05) is 13.1 Å². The lowest BCUT2D eigenvalue weighted by Crippen LogP contribution is -2.58. The second kappa shape index (κ2) is 10.4. The Morgan fingerprint density at radius 1 is 1.17 bits per heavy atom. The summed E-state index contributed by atoms with van der Waals surface area (Å²) in [6, 6.07) is 3.75. The van der Waals surface area contributed by atoms with E-state index >= 15 is 4.39 Å². The van der Waals surface area contributed by atoms with Crippen molar-refractivity contribution < 1.29 is 37.2 Å². The highest BCUT2D eigenvalue weighted by Crippen LogP contribution is 2.38. The van der Waals surface area contributed by atoms with Gasteiger partial charge in [-0.15, -0.1) is 0 Å². The van der Waals surface area contributed by atoms with Gasteiger partial charge in [-0.1, -0.05) is 24.9 Å². The first-order valence-corrected chi connectivity index (χ1v) is 13.8. The third-order valence-corrected chi connectivity index (χ3v) is 8.32. The average molecular weight is 584 g/mol. The third-order valence-electron chi connectivity index (χ3n) is 8.32. The lowest BCUT2D eigenvalue weighted by molar-refractivity contribution is -0.904. The van der Waals surface area contributed by atoms with Crippen molar-refractivity contribution >= 4 is 22.8 Å². The maximum atomic E-state index is 16.1. The largest absolute Gasteiger partial charge is 0.364 e. The van der Waals surface area contributed by atoms with Crippen LogP contribution in [0.1, 0.15) is 70.9 Å². The number of alkyl halides is 2. The van der Waals surface area contributed by atoms with Crippen molar-refractivity contribution in [1.29, 1.82) is 0 Å². The van der Waals surface area contributed by atoms with E-state index in [9.17, 15) is 23.6 Å². The molecule has 1 saturated heterocycles. The molecule has 13 heteroatoms. The number of aryl methyl sites for hydroxylation is 1. The number of aromatic amines is 1. The van der Waals surface area contributed by atoms with Crippen molar-refractivity contribution in [3.8, 4) is 11.1 Å². The fraction of sp³-hybridized carbons (Fsp3) is 0.414. The Bertz CT molecular complexity index is 1670. The maximum absolute atomic E-state index is 16.1. The molecule has 1 aromatic carbocycles. The molecule has 10 nitrogen and oxygen atoms in total. The van der Waals surface area contributed by atoms with Crippen LogP contribution in [0, 0.1) is 24.6 Å². The second-order valence-electron chi connectivity index (χ2n) is 11.4. The number of likely N-dealkylation sites (tertiary alicyclic amines) is 1. The number of hydrogen-bond donors (Lipinski definition) is 3. The van der Waals surface area contributed by atoms with Gasteiger partial charge in [0.15, 0.2) is 5.82 Å². The van der Waals surface area contributed by atoms with Gasteiger partial charge >= 0.3 is 0 Å². The Balaban J connectivity index is 1.37. The summed E-state index contributed by atoms with van der Waals surface area (Å²) in [5.41, 5.74) is 1.06. The van der Waals surface area contributed by atoms with E-state index in [0.29, 0.717) is 33.2 Å². The molecule has 220 valence electrons. The number of nitrogens with zero attached hydrogens (tertiary/aromatic N) is 4. The minimum absolute atomic E-state index is 0.0192. The third kappa shape index (κ3) is 5.07. The number of aromatic nitrogens is 4. The zero-order valence-corrected chi connectivity index (χ0v) is 23.0. The number of carbonyl (C=O) groups excluding carboxylic acids is 2. The van der Waals surface area contributed by atoms with E-state index in [1.165, 1.54) is 24.6 Å². The molecular weight excluding hydrogens is 553 g/mol. The van der Waals surface area contributed by atoms with Crippen LogP contribution in [0.5, 0.6) is 0 Å². The molecule has 4 aromatic rings. The molecule has 1 atom stereocenters. The number of benzene rings is 1. The molecule has 1 saturated carbocycles. The number of imidazole rings is 1. The van der Waals surface area contributed by atoms with Gasteiger partial charge in [0.05, 0.1) is 41.5 Å². The van der Waals surface area contributed by atoms with Crippen LogP contribution in [-0.2, 0) is 0 Å². The number of carbonyl (C=O) groups is 2. The van der Waals surface area contributed by atoms with Gasteiger partial charge < -0.3 is 19.7 Å². The van der Waals surface area contributed by atoms with Gasteiger partial charge in [-0.2, -0.15) is 0 Å². The van der Waals surface area contributed by atoms with E-state index in [1.54, 1.807) is 13.0 Å². The van der Waals surface area contributed by atoms with Crippen LogP contribution in [0.2, 0.25) is 0 Å². The number of fused-ring (bicyclic) bond motifs is 1. The standard InChI is InChI=1S/C29H29F3N6O4/c1-15-3-5-17(6-4-15)24(35-27(39)21-12-42-36-16(21)2)26-33-22-8-7-18(23(30)25(22)34-26)20-11-38(41)10-9-19(20)28(40)37-13-29(31,32)14-37/h7-12,15,17,24H,3-6,13-14H2,1-2H3,(H2-,33,34,35,39,40,41)/p+1/t15?,17?,24-/m0/s1. The number of nitrogens with one attached hydrogen (secondary N) is 2. The van der Waals surface area contributed by atoms with Crippen molar-refractivity contribution in [3.63, 3.8) is 0 Å². The summed E-state index contributed by atoms with van der Waals surface area (Å²) in [6.07, 6.45) is 7.27. The highest BCUT2D eigenvalue weighted by molar-refractivity contribution is 6.02. The highest BCUT2D eigenvalue weighted by Gasteiger charge is 2.47. The van der Waals surface area contributed by atoms with Gasteiger partial charge in [0.1, 0.15) is 23.2 Å². The van der Waals surface area contributed by atoms with Crippen LogP contribution in [-0.4, -0.2) is 56.1 Å². The van der Waals surface area contributed by atoms with Crippen LogP contribution in [0.25, 0.3) is 22.2 Å². The van der Waals surface area contributed by atoms with Crippen LogP contribution in [0.15, 0.2) is 41.4 Å². The first kappa shape index (κ1) is 27.7. The molecule has 42 heavy (non-hydrogen) atoms. The summed E-state index contributed by atoms with van der Waals surface area (Å²) >= 11 is 0. The lowest BCUT2D eigenvalue weighted by atomic mass is 9.79. The average Bonchev–Trinajstić information content (AvgIpc) is 3.57. The summed E-state index contributed by atoms with van der Waals surface area (Å²) in [4.78, 5) is 34.9. The molecule has 0 bridgehead atoms. The first-order chi connectivity index (χ1) is 20.0. The Morgan fingerprint density at radius 3 is 2.57 bits per heavy atom. The molecule has 0 spiro atoms. The van der Waals surface area contributed by atoms with E-state index in [2.05, 4.69) is 27.4 Å². The Hall–Kier alpha value is -4.42. The predicted molar refractivity (Wildman–Crippen MR) is 142 cm³/mol. The monoisotopic (exact) mass is 583 g/mol. The molecule has 0 radical (unpaired) electrons. The number of hydrogen-bond acceptors (Lipinski definition) is 6. The van der Waals surface area contributed by atoms with Crippen molar-refractivity contribution in [3.05, 3.63) is 65.3 Å². The number of amides is 2. The number of halogens is 3. The molecule has 3 aromatic heterocycles. The van der Waals surface area contributed by atoms with Crippen molar-refractivity contribution in [2.45, 2.75) is 51.5 Å². The van der Waals surface area contributed by atoms with Crippen LogP contribution in [0.4, 0.5) is 13.2 Å².